The summed E-state index contributed by atoms with van der Waals surface area (Å²) in [5.41, 5.74) is 1.24. The standard InChI is InChI=1S/C14H11NO4S/c16-12(7-13(17)14(18)19)9-5-11(20-8-9)6-10-3-1-2-4-15-10/h1-5,7-8,17H,6H2,(H,18,19)/b13-7-. The monoisotopic (exact) mass is 289 g/mol. The fourth-order valence-corrected chi connectivity index (χ4v) is 2.44. The quantitative estimate of drug-likeness (QED) is 0.501. The van der Waals surface area contributed by atoms with Crippen molar-refractivity contribution in [2.75, 3.05) is 0 Å². The summed E-state index contributed by atoms with van der Waals surface area (Å²) in [5, 5.41) is 19.2. The third-order valence-electron chi connectivity index (χ3n) is 2.51. The number of aliphatic hydroxyl groups excluding tert-OH is 1. The summed E-state index contributed by atoms with van der Waals surface area (Å²) in [6, 6.07) is 7.27. The molecule has 5 nitrogen and oxygen atoms in total. The molecule has 0 amide bonds. The summed E-state index contributed by atoms with van der Waals surface area (Å²) >= 11 is 1.39. The summed E-state index contributed by atoms with van der Waals surface area (Å²) in [7, 11) is 0. The minimum atomic E-state index is -1.53. The number of pyridine rings is 1. The van der Waals surface area contributed by atoms with E-state index in [2.05, 4.69) is 4.98 Å². The van der Waals surface area contributed by atoms with Crippen molar-refractivity contribution >= 4 is 23.1 Å². The van der Waals surface area contributed by atoms with Crippen LogP contribution in [0.2, 0.25) is 0 Å². The van der Waals surface area contributed by atoms with Crippen molar-refractivity contribution in [3.8, 4) is 0 Å². The molecule has 0 radical (unpaired) electrons. The van der Waals surface area contributed by atoms with Crippen molar-refractivity contribution in [3.63, 3.8) is 0 Å². The molecule has 2 aromatic rings. The second-order valence-corrected chi connectivity index (χ2v) is 4.99. The van der Waals surface area contributed by atoms with E-state index in [4.69, 9.17) is 10.2 Å². The number of aromatic nitrogens is 1. The number of hydrogen-bond donors (Lipinski definition) is 2. The van der Waals surface area contributed by atoms with E-state index in [1.54, 1.807) is 17.6 Å². The average Bonchev–Trinajstić information content (AvgIpc) is 2.88. The Bertz CT molecular complexity index is 661. The van der Waals surface area contributed by atoms with Gasteiger partial charge >= 0.3 is 5.97 Å². The van der Waals surface area contributed by atoms with E-state index in [-0.39, 0.29) is 0 Å². The van der Waals surface area contributed by atoms with Gasteiger partial charge in [-0.1, -0.05) is 6.07 Å². The summed E-state index contributed by atoms with van der Waals surface area (Å²) in [4.78, 5) is 27.3. The van der Waals surface area contributed by atoms with E-state index in [0.29, 0.717) is 18.1 Å². The van der Waals surface area contributed by atoms with E-state index in [0.717, 1.165) is 10.6 Å². The summed E-state index contributed by atoms with van der Waals surface area (Å²) < 4.78 is 0. The molecule has 0 aliphatic heterocycles. The van der Waals surface area contributed by atoms with Gasteiger partial charge in [-0.25, -0.2) is 4.79 Å². The molecule has 0 fully saturated rings. The minimum Gasteiger partial charge on any atom is -0.502 e. The van der Waals surface area contributed by atoms with Gasteiger partial charge in [0.25, 0.3) is 0 Å². The second kappa shape index (κ2) is 6.12. The van der Waals surface area contributed by atoms with Crippen LogP contribution >= 0.6 is 11.3 Å². The van der Waals surface area contributed by atoms with E-state index >= 15 is 0 Å². The van der Waals surface area contributed by atoms with Gasteiger partial charge in [-0.15, -0.1) is 11.3 Å². The van der Waals surface area contributed by atoms with Gasteiger partial charge in [-0.3, -0.25) is 9.78 Å². The fourth-order valence-electron chi connectivity index (χ4n) is 1.55. The van der Waals surface area contributed by atoms with Crippen LogP contribution in [0, 0.1) is 0 Å². The van der Waals surface area contributed by atoms with Crippen LogP contribution < -0.4 is 0 Å². The number of thiophene rings is 1. The molecule has 0 aliphatic carbocycles. The zero-order chi connectivity index (χ0) is 14.5. The number of nitrogens with zero attached hydrogens (tertiary/aromatic N) is 1. The van der Waals surface area contributed by atoms with Crippen LogP contribution in [0.5, 0.6) is 0 Å². The van der Waals surface area contributed by atoms with Gasteiger partial charge in [0.2, 0.25) is 5.76 Å². The first-order valence-corrected chi connectivity index (χ1v) is 6.60. The summed E-state index contributed by atoms with van der Waals surface area (Å²) in [6.07, 6.45) is 3.00. The molecule has 102 valence electrons. The maximum Gasteiger partial charge on any atom is 0.371 e. The van der Waals surface area contributed by atoms with Crippen LogP contribution in [0.25, 0.3) is 0 Å². The van der Waals surface area contributed by atoms with E-state index in [9.17, 15) is 9.59 Å². The van der Waals surface area contributed by atoms with Crippen molar-refractivity contribution in [1.29, 1.82) is 0 Å². The number of ketones is 1. The molecule has 0 unspecified atom stereocenters. The first-order chi connectivity index (χ1) is 9.56. The predicted octanol–water partition coefficient (Wildman–Crippen LogP) is 2.44. The third-order valence-corrected chi connectivity index (χ3v) is 3.44. The second-order valence-electron chi connectivity index (χ2n) is 4.00. The molecular formula is C14H11NO4S. The highest BCUT2D eigenvalue weighted by atomic mass is 32.1. The lowest BCUT2D eigenvalue weighted by Crippen LogP contribution is -2.03. The number of carbonyl (C=O) groups is 2. The molecular weight excluding hydrogens is 278 g/mol. The van der Waals surface area contributed by atoms with Gasteiger partial charge in [-0.2, -0.15) is 0 Å². The van der Waals surface area contributed by atoms with Crippen LogP contribution in [0.1, 0.15) is 20.9 Å². The molecule has 0 saturated carbocycles. The largest absolute Gasteiger partial charge is 0.502 e. The number of aliphatic carboxylic acids is 1. The lowest BCUT2D eigenvalue weighted by molar-refractivity contribution is -0.135. The number of rotatable bonds is 5. The van der Waals surface area contributed by atoms with Gasteiger partial charge in [0.1, 0.15) is 0 Å². The predicted molar refractivity (Wildman–Crippen MR) is 74.0 cm³/mol. The number of aliphatic hydroxyl groups is 1. The van der Waals surface area contributed by atoms with Crippen molar-refractivity contribution in [2.45, 2.75) is 6.42 Å². The molecule has 0 aromatic carbocycles. The van der Waals surface area contributed by atoms with Crippen LogP contribution in [-0.2, 0) is 11.2 Å². The highest BCUT2D eigenvalue weighted by molar-refractivity contribution is 7.10. The van der Waals surface area contributed by atoms with E-state index in [1.165, 1.54) is 11.3 Å². The first-order valence-electron chi connectivity index (χ1n) is 5.72. The highest BCUT2D eigenvalue weighted by Gasteiger charge is 2.11. The number of carboxylic acids is 1. The lowest BCUT2D eigenvalue weighted by Gasteiger charge is -1.96. The van der Waals surface area contributed by atoms with Gasteiger partial charge in [0.15, 0.2) is 5.78 Å². The molecule has 2 aromatic heterocycles. The Kier molecular flexibility index (Phi) is 4.27. The average molecular weight is 289 g/mol. The topological polar surface area (TPSA) is 87.5 Å². The van der Waals surface area contributed by atoms with Crippen molar-refractivity contribution in [3.05, 3.63) is 63.8 Å². The Balaban J connectivity index is 2.11. The molecule has 6 heteroatoms. The molecule has 0 spiro atoms. The maximum absolute atomic E-state index is 11.7. The third kappa shape index (κ3) is 3.52. The van der Waals surface area contributed by atoms with Crippen molar-refractivity contribution in [1.82, 2.24) is 4.98 Å². The summed E-state index contributed by atoms with van der Waals surface area (Å²) in [6.45, 7) is 0. The molecule has 0 bridgehead atoms. The normalized spacial score (nSPS) is 11.3. The highest BCUT2D eigenvalue weighted by Crippen LogP contribution is 2.18. The lowest BCUT2D eigenvalue weighted by atomic mass is 10.1. The molecule has 2 heterocycles. The fraction of sp³-hybridized carbons (Fsp3) is 0.0714. The van der Waals surface area contributed by atoms with Crippen LogP contribution in [-0.4, -0.2) is 26.9 Å². The Hall–Kier alpha value is -2.47. The zero-order valence-electron chi connectivity index (χ0n) is 10.3. The SMILES string of the molecule is O=C(O)/C(O)=C/C(=O)c1csc(Cc2ccccn2)c1. The van der Waals surface area contributed by atoms with Crippen LogP contribution in [0.3, 0.4) is 0 Å². The number of hydrogen-bond acceptors (Lipinski definition) is 5. The Morgan fingerprint density at radius 1 is 1.30 bits per heavy atom. The smallest absolute Gasteiger partial charge is 0.371 e. The molecule has 2 rings (SSSR count). The molecule has 0 saturated heterocycles. The Labute approximate surface area is 118 Å². The maximum atomic E-state index is 11.7. The van der Waals surface area contributed by atoms with Crippen molar-refractivity contribution < 1.29 is 19.8 Å². The zero-order valence-corrected chi connectivity index (χ0v) is 11.1. The Morgan fingerprint density at radius 3 is 2.75 bits per heavy atom. The van der Waals surface area contributed by atoms with Gasteiger partial charge < -0.3 is 10.2 Å². The first kappa shape index (κ1) is 14.0. The van der Waals surface area contributed by atoms with Crippen molar-refractivity contribution in [2.24, 2.45) is 0 Å². The summed E-state index contributed by atoms with van der Waals surface area (Å²) in [5.74, 6) is -3.02. The van der Waals surface area contributed by atoms with Gasteiger partial charge in [0, 0.05) is 40.2 Å². The van der Waals surface area contributed by atoms with E-state index < -0.39 is 17.5 Å². The molecule has 20 heavy (non-hydrogen) atoms. The van der Waals surface area contributed by atoms with Crippen LogP contribution in [0.15, 0.2) is 47.7 Å². The molecule has 0 aliphatic rings. The van der Waals surface area contributed by atoms with Gasteiger partial charge in [0.05, 0.1) is 0 Å². The van der Waals surface area contributed by atoms with Gasteiger partial charge in [-0.05, 0) is 18.2 Å². The number of allylic oxidation sites excluding steroid dienone is 1. The molecule has 0 atom stereocenters. The Morgan fingerprint density at radius 2 is 2.10 bits per heavy atom. The molecule has 2 N–H and O–H groups in total. The van der Waals surface area contributed by atoms with Crippen LogP contribution in [0.4, 0.5) is 0 Å². The number of carbonyl (C=O) groups excluding carboxylic acids is 1. The minimum absolute atomic E-state index is 0.355. The number of carboxylic acid groups (broad SMARTS) is 1. The van der Waals surface area contributed by atoms with E-state index in [1.807, 2.05) is 18.2 Å².